The number of hydrogen-bond acceptors (Lipinski definition) is 6. The van der Waals surface area contributed by atoms with E-state index in [9.17, 15) is 9.59 Å². The Bertz CT molecular complexity index is 1690. The average Bonchev–Trinajstić information content (AvgIpc) is 2.98. The highest BCUT2D eigenvalue weighted by atomic mass is 79.9. The molecule has 0 spiro atoms. The summed E-state index contributed by atoms with van der Waals surface area (Å²) in [5.41, 5.74) is 1.60. The maximum absolute atomic E-state index is 13.6. The molecular formula is C31H29BrCl2N4O4. The lowest BCUT2D eigenvalue weighted by atomic mass is 9.88. The molecule has 1 N–H and O–H groups in total. The van der Waals surface area contributed by atoms with Gasteiger partial charge in [-0.15, -0.1) is 0 Å². The van der Waals surface area contributed by atoms with Gasteiger partial charge >= 0.3 is 0 Å². The lowest BCUT2D eigenvalue weighted by Gasteiger charge is -2.22. The van der Waals surface area contributed by atoms with Crippen LogP contribution in [-0.2, 0) is 4.79 Å². The highest BCUT2D eigenvalue weighted by molar-refractivity contribution is 9.10. The number of amides is 1. The molecule has 0 radical (unpaired) electrons. The number of ether oxygens (including phenoxy) is 2. The minimum absolute atomic E-state index is 0.147. The number of halogens is 3. The van der Waals surface area contributed by atoms with Gasteiger partial charge in [-0.05, 0) is 79.9 Å². The number of aromatic nitrogens is 2. The summed E-state index contributed by atoms with van der Waals surface area (Å²) in [5.74, 6) is 1.03. The van der Waals surface area contributed by atoms with Crippen LogP contribution in [0.1, 0.15) is 56.3 Å². The number of fused-ring (bicyclic) bond motifs is 1. The van der Waals surface area contributed by atoms with Crippen LogP contribution < -0.4 is 20.3 Å². The number of rotatable bonds is 9. The molecule has 1 aromatic heterocycles. The third kappa shape index (κ3) is 7.14. The minimum Gasteiger partial charge on any atom is -0.490 e. The molecule has 42 heavy (non-hydrogen) atoms. The Kier molecular flexibility index (Phi) is 9.82. The van der Waals surface area contributed by atoms with Gasteiger partial charge in [0.1, 0.15) is 5.82 Å². The van der Waals surface area contributed by atoms with Gasteiger partial charge in [0, 0.05) is 21.1 Å². The molecule has 0 atom stereocenters. The van der Waals surface area contributed by atoms with Gasteiger partial charge < -0.3 is 14.8 Å². The molecule has 0 unspecified atom stereocenters. The smallest absolute Gasteiger partial charge is 0.282 e. The molecule has 3 aromatic carbocycles. The quantitative estimate of drug-likeness (QED) is 0.183. The number of nitrogens with zero attached hydrogens (tertiary/aromatic N) is 3. The van der Waals surface area contributed by atoms with Gasteiger partial charge in [-0.25, -0.2) is 4.98 Å². The molecule has 5 rings (SSSR count). The maximum atomic E-state index is 13.6. The fourth-order valence-electron chi connectivity index (χ4n) is 4.96. The van der Waals surface area contributed by atoms with E-state index in [0.717, 1.165) is 30.2 Å². The first-order chi connectivity index (χ1) is 20.3. The molecule has 0 bridgehead atoms. The van der Waals surface area contributed by atoms with Crippen LogP contribution in [0.5, 0.6) is 11.5 Å². The zero-order valence-electron chi connectivity index (χ0n) is 22.9. The second-order valence-electron chi connectivity index (χ2n) is 9.93. The molecular weight excluding hydrogens is 643 g/mol. The molecule has 1 amide bonds. The summed E-state index contributed by atoms with van der Waals surface area (Å²) in [6.07, 6.45) is 6.85. The van der Waals surface area contributed by atoms with Gasteiger partial charge in [0.25, 0.3) is 11.5 Å². The van der Waals surface area contributed by atoms with Crippen molar-refractivity contribution in [1.82, 2.24) is 9.66 Å². The summed E-state index contributed by atoms with van der Waals surface area (Å²) in [4.78, 5) is 31.0. The van der Waals surface area contributed by atoms with E-state index in [1.807, 2.05) is 19.1 Å². The van der Waals surface area contributed by atoms with E-state index in [1.54, 1.807) is 48.7 Å². The highest BCUT2D eigenvalue weighted by Crippen LogP contribution is 2.37. The second-order valence-corrected chi connectivity index (χ2v) is 11.7. The molecule has 1 heterocycles. The van der Waals surface area contributed by atoms with Crippen LogP contribution in [-0.4, -0.2) is 35.0 Å². The second kappa shape index (κ2) is 13.7. The van der Waals surface area contributed by atoms with E-state index in [2.05, 4.69) is 26.3 Å². The standard InChI is InChI=1S/C31H29BrCl2N4O4/c1-2-41-27-15-19(14-25(34)29(27)42-18-28(39)36-23-11-9-22(33)10-12-23)17-35-38-30(20-6-4-3-5-7-20)37-26-13-8-21(32)16-24(26)31(38)40/h8-17,20H,2-7,18H2,1H3,(H,36,39). The summed E-state index contributed by atoms with van der Waals surface area (Å²) in [7, 11) is 0. The van der Waals surface area contributed by atoms with Crippen molar-refractivity contribution >= 4 is 67.8 Å². The van der Waals surface area contributed by atoms with Crippen molar-refractivity contribution in [1.29, 1.82) is 0 Å². The van der Waals surface area contributed by atoms with Crippen molar-refractivity contribution < 1.29 is 14.3 Å². The van der Waals surface area contributed by atoms with Crippen LogP contribution in [0.15, 0.2) is 69.0 Å². The number of anilines is 1. The van der Waals surface area contributed by atoms with E-state index in [0.29, 0.717) is 45.4 Å². The number of hydrogen-bond donors (Lipinski definition) is 1. The highest BCUT2D eigenvalue weighted by Gasteiger charge is 2.23. The lowest BCUT2D eigenvalue weighted by molar-refractivity contribution is -0.118. The molecule has 1 fully saturated rings. The predicted molar refractivity (Wildman–Crippen MR) is 171 cm³/mol. The van der Waals surface area contributed by atoms with E-state index in [4.69, 9.17) is 37.7 Å². The van der Waals surface area contributed by atoms with Gasteiger partial charge in [-0.2, -0.15) is 9.78 Å². The Morgan fingerprint density at radius 2 is 1.86 bits per heavy atom. The maximum Gasteiger partial charge on any atom is 0.282 e. The fourth-order valence-corrected chi connectivity index (χ4v) is 5.72. The molecule has 8 nitrogen and oxygen atoms in total. The number of benzene rings is 3. The first-order valence-electron chi connectivity index (χ1n) is 13.7. The molecule has 1 aliphatic carbocycles. The van der Waals surface area contributed by atoms with Crippen molar-refractivity contribution in [3.8, 4) is 11.5 Å². The zero-order valence-corrected chi connectivity index (χ0v) is 26.0. The Balaban J connectivity index is 1.43. The van der Waals surface area contributed by atoms with Crippen molar-refractivity contribution in [3.63, 3.8) is 0 Å². The lowest BCUT2D eigenvalue weighted by Crippen LogP contribution is -2.25. The summed E-state index contributed by atoms with van der Waals surface area (Å²) < 4.78 is 13.7. The molecule has 0 saturated heterocycles. The molecule has 11 heteroatoms. The van der Waals surface area contributed by atoms with Crippen molar-refractivity contribution in [2.45, 2.75) is 44.9 Å². The first kappa shape index (κ1) is 30.1. The predicted octanol–water partition coefficient (Wildman–Crippen LogP) is 7.81. The van der Waals surface area contributed by atoms with Crippen molar-refractivity contribution in [2.24, 2.45) is 5.10 Å². The fraction of sp³-hybridized carbons (Fsp3) is 0.290. The largest absolute Gasteiger partial charge is 0.490 e. The minimum atomic E-state index is -0.369. The summed E-state index contributed by atoms with van der Waals surface area (Å²) in [6.45, 7) is 1.90. The number of carbonyl (C=O) groups is 1. The topological polar surface area (TPSA) is 94.8 Å². The van der Waals surface area contributed by atoms with Crippen LogP contribution in [0, 0.1) is 0 Å². The van der Waals surface area contributed by atoms with E-state index in [-0.39, 0.29) is 34.8 Å². The van der Waals surface area contributed by atoms with Gasteiger partial charge in [0.2, 0.25) is 0 Å². The van der Waals surface area contributed by atoms with Crippen LogP contribution in [0.25, 0.3) is 10.9 Å². The normalized spacial score (nSPS) is 13.9. The molecule has 0 aliphatic heterocycles. The molecule has 4 aromatic rings. The first-order valence-corrected chi connectivity index (χ1v) is 15.3. The Morgan fingerprint density at radius 1 is 1.10 bits per heavy atom. The number of nitrogens with one attached hydrogen (secondary N) is 1. The van der Waals surface area contributed by atoms with Crippen molar-refractivity contribution in [2.75, 3.05) is 18.5 Å². The van der Waals surface area contributed by atoms with Crippen LogP contribution in [0.4, 0.5) is 5.69 Å². The van der Waals surface area contributed by atoms with Gasteiger partial charge in [-0.1, -0.05) is 58.4 Å². The number of carbonyl (C=O) groups excluding carboxylic acids is 1. The zero-order chi connectivity index (χ0) is 29.6. The van der Waals surface area contributed by atoms with Gasteiger partial charge in [0.05, 0.1) is 28.7 Å². The van der Waals surface area contributed by atoms with Crippen molar-refractivity contribution in [3.05, 3.63) is 90.9 Å². The summed E-state index contributed by atoms with van der Waals surface area (Å²) >= 11 is 16.0. The summed E-state index contributed by atoms with van der Waals surface area (Å²) in [6, 6.07) is 15.6. The molecule has 1 saturated carbocycles. The molecule has 218 valence electrons. The SMILES string of the molecule is CCOc1cc(C=Nn2c(C3CCCCC3)nc3ccc(Br)cc3c2=O)cc(Cl)c1OCC(=O)Nc1ccc(Cl)cc1. The van der Waals surface area contributed by atoms with E-state index in [1.165, 1.54) is 11.1 Å². The van der Waals surface area contributed by atoms with Gasteiger partial charge in [-0.3, -0.25) is 9.59 Å². The van der Waals surface area contributed by atoms with Gasteiger partial charge in [0.15, 0.2) is 18.1 Å². The third-order valence-corrected chi connectivity index (χ3v) is 7.96. The third-order valence-electron chi connectivity index (χ3n) is 6.93. The van der Waals surface area contributed by atoms with E-state index >= 15 is 0 Å². The average molecular weight is 672 g/mol. The Hall–Kier alpha value is -3.40. The van der Waals surface area contributed by atoms with Crippen LogP contribution in [0.2, 0.25) is 10.0 Å². The molecule has 1 aliphatic rings. The summed E-state index contributed by atoms with van der Waals surface area (Å²) in [5, 5.41) is 8.64. The Morgan fingerprint density at radius 3 is 2.60 bits per heavy atom. The van der Waals surface area contributed by atoms with Crippen LogP contribution >= 0.6 is 39.1 Å². The van der Waals surface area contributed by atoms with Crippen LogP contribution in [0.3, 0.4) is 0 Å². The van der Waals surface area contributed by atoms with E-state index < -0.39 is 0 Å². The Labute approximate surface area is 261 Å². The monoisotopic (exact) mass is 670 g/mol.